The van der Waals surface area contributed by atoms with Gasteiger partial charge in [-0.2, -0.15) is 0 Å². The number of halogens is 1. The normalized spacial score (nSPS) is 14.5. The summed E-state index contributed by atoms with van der Waals surface area (Å²) in [6.07, 6.45) is -0.900. The maximum Gasteiger partial charge on any atom is 0.408 e. The Hall–Kier alpha value is -1.14. The van der Waals surface area contributed by atoms with Crippen LogP contribution in [0.3, 0.4) is 0 Å². The molecule has 0 aliphatic rings. The van der Waals surface area contributed by atoms with Crippen LogP contribution in [0.2, 0.25) is 0 Å². The molecule has 0 saturated carbocycles. The molecule has 0 bridgehead atoms. The predicted octanol–water partition coefficient (Wildman–Crippen LogP) is 5.11. The van der Waals surface area contributed by atoms with E-state index in [1.165, 1.54) is 0 Å². The van der Waals surface area contributed by atoms with E-state index in [2.05, 4.69) is 74.3 Å². The quantitative estimate of drug-likeness (QED) is 0.585. The summed E-state index contributed by atoms with van der Waals surface area (Å²) >= 11 is 3.39. The van der Waals surface area contributed by atoms with Crippen LogP contribution >= 0.6 is 15.9 Å². The third-order valence-electron chi connectivity index (χ3n) is 5.42. The third kappa shape index (κ3) is 4.97. The smallest absolute Gasteiger partial charge is 0.408 e. The number of nitrogens with zero attached hydrogens (tertiary/aromatic N) is 3. The second kappa shape index (κ2) is 9.18. The first-order chi connectivity index (χ1) is 12.0. The van der Waals surface area contributed by atoms with Gasteiger partial charge in [-0.3, -0.25) is 4.90 Å². The minimum atomic E-state index is -0.900. The SMILES string of the molecule is CCN(CC)CC(C(C)C)(N(Cc1cccc(Br)n1)C(=O)O)C(C)(C)C. The molecule has 0 aliphatic carbocycles. The number of hydrogen-bond donors (Lipinski definition) is 1. The number of amides is 1. The zero-order valence-corrected chi connectivity index (χ0v) is 18.8. The van der Waals surface area contributed by atoms with Crippen molar-refractivity contribution in [2.75, 3.05) is 19.6 Å². The number of hydrogen-bond acceptors (Lipinski definition) is 3. The molecule has 26 heavy (non-hydrogen) atoms. The lowest BCUT2D eigenvalue weighted by Crippen LogP contribution is -2.66. The average Bonchev–Trinajstić information content (AvgIpc) is 2.53. The minimum absolute atomic E-state index is 0.145. The zero-order valence-electron chi connectivity index (χ0n) is 17.2. The molecule has 5 nitrogen and oxygen atoms in total. The van der Waals surface area contributed by atoms with Gasteiger partial charge in [-0.1, -0.05) is 54.5 Å². The van der Waals surface area contributed by atoms with Crippen LogP contribution in [-0.4, -0.2) is 51.2 Å². The summed E-state index contributed by atoms with van der Waals surface area (Å²) in [5.74, 6) is 0.145. The van der Waals surface area contributed by atoms with Gasteiger partial charge in [0.15, 0.2) is 0 Å². The number of carbonyl (C=O) groups is 1. The molecule has 148 valence electrons. The van der Waals surface area contributed by atoms with Gasteiger partial charge in [-0.05, 0) is 52.5 Å². The molecule has 6 heteroatoms. The van der Waals surface area contributed by atoms with Crippen molar-refractivity contribution in [1.82, 2.24) is 14.8 Å². The molecular formula is C20H34BrN3O2. The summed E-state index contributed by atoms with van der Waals surface area (Å²) in [5, 5.41) is 10.2. The van der Waals surface area contributed by atoms with Gasteiger partial charge in [0.25, 0.3) is 0 Å². The van der Waals surface area contributed by atoms with E-state index in [1.807, 2.05) is 18.2 Å². The monoisotopic (exact) mass is 427 g/mol. The number of likely N-dealkylation sites (N-methyl/N-ethyl adjacent to an activating group) is 1. The van der Waals surface area contributed by atoms with Crippen molar-refractivity contribution in [2.24, 2.45) is 11.3 Å². The molecule has 1 rings (SSSR count). The van der Waals surface area contributed by atoms with Crippen LogP contribution in [0.5, 0.6) is 0 Å². The third-order valence-corrected chi connectivity index (χ3v) is 5.86. The number of pyridine rings is 1. The van der Waals surface area contributed by atoms with Crippen molar-refractivity contribution >= 4 is 22.0 Å². The lowest BCUT2D eigenvalue weighted by atomic mass is 9.65. The van der Waals surface area contributed by atoms with Crippen LogP contribution in [-0.2, 0) is 6.54 Å². The van der Waals surface area contributed by atoms with E-state index in [0.29, 0.717) is 6.54 Å². The first kappa shape index (κ1) is 22.9. The van der Waals surface area contributed by atoms with Crippen molar-refractivity contribution in [3.63, 3.8) is 0 Å². The van der Waals surface area contributed by atoms with Crippen LogP contribution in [0.25, 0.3) is 0 Å². The number of carboxylic acid groups (broad SMARTS) is 1. The summed E-state index contributed by atoms with van der Waals surface area (Å²) in [6, 6.07) is 5.63. The highest BCUT2D eigenvalue weighted by molar-refractivity contribution is 9.10. The van der Waals surface area contributed by atoms with Gasteiger partial charge >= 0.3 is 6.09 Å². The molecule has 1 N–H and O–H groups in total. The molecule has 0 fully saturated rings. The Morgan fingerprint density at radius 3 is 2.19 bits per heavy atom. The van der Waals surface area contributed by atoms with Crippen molar-refractivity contribution in [2.45, 2.75) is 60.5 Å². The molecule has 0 aromatic carbocycles. The van der Waals surface area contributed by atoms with Gasteiger partial charge in [-0.25, -0.2) is 9.78 Å². The van der Waals surface area contributed by atoms with E-state index >= 15 is 0 Å². The topological polar surface area (TPSA) is 56.7 Å². The van der Waals surface area contributed by atoms with Crippen LogP contribution in [0, 0.1) is 11.3 Å². The van der Waals surface area contributed by atoms with Crippen LogP contribution < -0.4 is 0 Å². The second-order valence-electron chi connectivity index (χ2n) is 8.11. The summed E-state index contributed by atoms with van der Waals surface area (Å²) in [5.41, 5.74) is -0.0428. The van der Waals surface area contributed by atoms with Gasteiger partial charge < -0.3 is 10.0 Å². The molecule has 1 aromatic rings. The van der Waals surface area contributed by atoms with Crippen LogP contribution in [0.4, 0.5) is 4.79 Å². The molecule has 1 amide bonds. The van der Waals surface area contributed by atoms with Crippen molar-refractivity contribution in [3.05, 3.63) is 28.5 Å². The van der Waals surface area contributed by atoms with Crippen LogP contribution in [0.15, 0.2) is 22.8 Å². The van der Waals surface area contributed by atoms with Gasteiger partial charge in [0.05, 0.1) is 17.8 Å². The fourth-order valence-electron chi connectivity index (χ4n) is 3.96. The Kier molecular flexibility index (Phi) is 8.08. The number of rotatable bonds is 8. The molecule has 1 aromatic heterocycles. The van der Waals surface area contributed by atoms with E-state index in [9.17, 15) is 9.90 Å². The molecule has 1 atom stereocenters. The predicted molar refractivity (Wildman–Crippen MR) is 110 cm³/mol. The van der Waals surface area contributed by atoms with Crippen molar-refractivity contribution in [3.8, 4) is 0 Å². The highest BCUT2D eigenvalue weighted by atomic mass is 79.9. The van der Waals surface area contributed by atoms with Crippen molar-refractivity contribution in [1.29, 1.82) is 0 Å². The van der Waals surface area contributed by atoms with Crippen molar-refractivity contribution < 1.29 is 9.90 Å². The van der Waals surface area contributed by atoms with E-state index in [4.69, 9.17) is 0 Å². The lowest BCUT2D eigenvalue weighted by Gasteiger charge is -2.55. The Morgan fingerprint density at radius 1 is 1.23 bits per heavy atom. The summed E-state index contributed by atoms with van der Waals surface area (Å²) in [7, 11) is 0. The molecule has 1 heterocycles. The standard InChI is InChI=1S/C20H34BrN3O2/c1-8-23(9-2)14-20(15(3)4,19(5,6)7)24(18(25)26)13-16-11-10-12-17(21)22-16/h10-12,15H,8-9,13-14H2,1-7H3,(H,25,26). The van der Waals surface area contributed by atoms with E-state index in [1.54, 1.807) is 4.90 Å². The summed E-state index contributed by atoms with van der Waals surface area (Å²) in [4.78, 5) is 20.8. The second-order valence-corrected chi connectivity index (χ2v) is 8.92. The lowest BCUT2D eigenvalue weighted by molar-refractivity contribution is -0.0574. The molecular weight excluding hydrogens is 394 g/mol. The average molecular weight is 428 g/mol. The van der Waals surface area contributed by atoms with Gasteiger partial charge in [0, 0.05) is 6.54 Å². The zero-order chi connectivity index (χ0) is 20.1. The minimum Gasteiger partial charge on any atom is -0.465 e. The van der Waals surface area contributed by atoms with E-state index < -0.39 is 11.6 Å². The summed E-state index contributed by atoms with van der Waals surface area (Å²) in [6.45, 7) is 17.7. The fraction of sp³-hybridized carbons (Fsp3) is 0.700. The highest BCUT2D eigenvalue weighted by Gasteiger charge is 2.52. The van der Waals surface area contributed by atoms with Gasteiger partial charge in [0.2, 0.25) is 0 Å². The Morgan fingerprint density at radius 2 is 1.81 bits per heavy atom. The molecule has 0 radical (unpaired) electrons. The van der Waals surface area contributed by atoms with E-state index in [0.717, 1.165) is 23.4 Å². The van der Waals surface area contributed by atoms with E-state index in [-0.39, 0.29) is 17.9 Å². The Balaban J connectivity index is 3.48. The fourth-order valence-corrected chi connectivity index (χ4v) is 4.34. The molecule has 0 spiro atoms. The maximum absolute atomic E-state index is 12.4. The first-order valence-corrected chi connectivity index (χ1v) is 10.1. The molecule has 1 unspecified atom stereocenters. The Labute approximate surface area is 166 Å². The van der Waals surface area contributed by atoms with Crippen LogP contribution in [0.1, 0.15) is 54.2 Å². The molecule has 0 aliphatic heterocycles. The first-order valence-electron chi connectivity index (χ1n) is 9.33. The Bertz CT molecular complexity index is 597. The van der Waals surface area contributed by atoms with Gasteiger partial charge in [-0.15, -0.1) is 0 Å². The molecule has 0 saturated heterocycles. The summed E-state index contributed by atoms with van der Waals surface area (Å²) < 4.78 is 0.718. The highest BCUT2D eigenvalue weighted by Crippen LogP contribution is 2.43. The largest absolute Gasteiger partial charge is 0.465 e. The number of aromatic nitrogens is 1. The van der Waals surface area contributed by atoms with Gasteiger partial charge in [0.1, 0.15) is 4.60 Å². The maximum atomic E-state index is 12.4.